The number of nitrogens with one attached hydrogen (secondary N) is 2. The Bertz CT molecular complexity index is 821. The summed E-state index contributed by atoms with van der Waals surface area (Å²) < 4.78 is 0. The van der Waals surface area contributed by atoms with Crippen molar-refractivity contribution < 1.29 is 4.79 Å². The van der Waals surface area contributed by atoms with Crippen molar-refractivity contribution >= 4 is 34.2 Å². The number of anilines is 1. The van der Waals surface area contributed by atoms with Gasteiger partial charge in [-0.25, -0.2) is 4.98 Å². The largest absolute Gasteiger partial charge is 0.338 e. The Kier molecular flexibility index (Phi) is 4.35. The second-order valence-electron chi connectivity index (χ2n) is 5.94. The first-order valence-electron chi connectivity index (χ1n) is 7.57. The number of H-pyrrole nitrogens is 1. The standard InChI is InChI=1S/C18H18ClN3O/c1-11(2)9-17(23)20-12-7-8-14(19)13(10-12)18-21-15-5-3-4-6-16(15)22-18/h3-8,10-11H,9H2,1-2H3,(H,20,23)(H,21,22). The number of hydrogen-bond acceptors (Lipinski definition) is 2. The van der Waals surface area contributed by atoms with E-state index < -0.39 is 0 Å². The number of fused-ring (bicyclic) bond motifs is 1. The lowest BCUT2D eigenvalue weighted by atomic mass is 10.1. The third-order valence-corrected chi connectivity index (χ3v) is 3.82. The average molecular weight is 328 g/mol. The van der Waals surface area contributed by atoms with Crippen molar-refractivity contribution in [1.82, 2.24) is 9.97 Å². The summed E-state index contributed by atoms with van der Waals surface area (Å²) in [5.74, 6) is 1.01. The molecule has 0 radical (unpaired) electrons. The predicted molar refractivity (Wildman–Crippen MR) is 94.6 cm³/mol. The van der Waals surface area contributed by atoms with Gasteiger partial charge in [0.15, 0.2) is 0 Å². The van der Waals surface area contributed by atoms with Gasteiger partial charge in [0.1, 0.15) is 5.82 Å². The topological polar surface area (TPSA) is 57.8 Å². The smallest absolute Gasteiger partial charge is 0.224 e. The van der Waals surface area contributed by atoms with Crippen LogP contribution in [0.5, 0.6) is 0 Å². The van der Waals surface area contributed by atoms with Crippen molar-refractivity contribution in [2.45, 2.75) is 20.3 Å². The van der Waals surface area contributed by atoms with E-state index in [2.05, 4.69) is 15.3 Å². The van der Waals surface area contributed by atoms with Crippen LogP contribution < -0.4 is 5.32 Å². The van der Waals surface area contributed by atoms with Gasteiger partial charge in [0.2, 0.25) is 5.91 Å². The number of carbonyl (C=O) groups is 1. The fourth-order valence-electron chi connectivity index (χ4n) is 2.45. The minimum atomic E-state index is -0.00196. The highest BCUT2D eigenvalue weighted by Crippen LogP contribution is 2.30. The highest BCUT2D eigenvalue weighted by Gasteiger charge is 2.11. The molecule has 4 nitrogen and oxygen atoms in total. The van der Waals surface area contributed by atoms with Crippen molar-refractivity contribution in [2.24, 2.45) is 5.92 Å². The first kappa shape index (κ1) is 15.6. The maximum atomic E-state index is 11.9. The molecule has 0 saturated carbocycles. The van der Waals surface area contributed by atoms with Gasteiger partial charge in [0.05, 0.1) is 16.1 Å². The van der Waals surface area contributed by atoms with Crippen LogP contribution >= 0.6 is 11.6 Å². The van der Waals surface area contributed by atoms with E-state index in [0.717, 1.165) is 22.3 Å². The molecule has 1 aromatic heterocycles. The molecule has 0 bridgehead atoms. The molecule has 0 fully saturated rings. The number of imidazole rings is 1. The zero-order chi connectivity index (χ0) is 16.4. The lowest BCUT2D eigenvalue weighted by Gasteiger charge is -2.09. The van der Waals surface area contributed by atoms with Crippen LogP contribution in [-0.4, -0.2) is 15.9 Å². The lowest BCUT2D eigenvalue weighted by Crippen LogP contribution is -2.13. The quantitative estimate of drug-likeness (QED) is 0.718. The van der Waals surface area contributed by atoms with E-state index in [4.69, 9.17) is 11.6 Å². The lowest BCUT2D eigenvalue weighted by molar-refractivity contribution is -0.116. The van der Waals surface area contributed by atoms with Crippen molar-refractivity contribution in [1.29, 1.82) is 0 Å². The van der Waals surface area contributed by atoms with Gasteiger partial charge in [-0.3, -0.25) is 4.79 Å². The highest BCUT2D eigenvalue weighted by atomic mass is 35.5. The van der Waals surface area contributed by atoms with Gasteiger partial charge in [-0.2, -0.15) is 0 Å². The van der Waals surface area contributed by atoms with E-state index in [1.807, 2.05) is 44.2 Å². The molecule has 0 aliphatic heterocycles. The summed E-state index contributed by atoms with van der Waals surface area (Å²) in [7, 11) is 0. The minimum absolute atomic E-state index is 0.00196. The van der Waals surface area contributed by atoms with Crippen LogP contribution in [0.3, 0.4) is 0 Å². The summed E-state index contributed by atoms with van der Waals surface area (Å²) in [4.78, 5) is 19.7. The summed E-state index contributed by atoms with van der Waals surface area (Å²) in [5, 5.41) is 3.49. The molecule has 3 rings (SSSR count). The molecule has 2 N–H and O–H groups in total. The predicted octanol–water partition coefficient (Wildman–Crippen LogP) is 4.87. The summed E-state index contributed by atoms with van der Waals surface area (Å²) in [5.41, 5.74) is 3.32. The van der Waals surface area contributed by atoms with Gasteiger partial charge < -0.3 is 10.3 Å². The third kappa shape index (κ3) is 3.54. The van der Waals surface area contributed by atoms with Gasteiger partial charge in [-0.15, -0.1) is 0 Å². The number of hydrogen-bond donors (Lipinski definition) is 2. The maximum absolute atomic E-state index is 11.9. The molecule has 1 heterocycles. The number of benzene rings is 2. The van der Waals surface area contributed by atoms with E-state index >= 15 is 0 Å². The summed E-state index contributed by atoms with van der Waals surface area (Å²) in [6.45, 7) is 4.03. The number of aromatic amines is 1. The van der Waals surface area contributed by atoms with Crippen molar-refractivity contribution in [3.05, 3.63) is 47.5 Å². The number of carbonyl (C=O) groups excluding carboxylic acids is 1. The Morgan fingerprint density at radius 2 is 2.04 bits per heavy atom. The van der Waals surface area contributed by atoms with Crippen LogP contribution in [-0.2, 0) is 4.79 Å². The monoisotopic (exact) mass is 327 g/mol. The average Bonchev–Trinajstić information content (AvgIpc) is 2.92. The molecule has 3 aromatic rings. The number of para-hydroxylation sites is 2. The Hall–Kier alpha value is -2.33. The van der Waals surface area contributed by atoms with Crippen LogP contribution in [0.4, 0.5) is 5.69 Å². The first-order chi connectivity index (χ1) is 11.0. The van der Waals surface area contributed by atoms with E-state index in [1.165, 1.54) is 0 Å². The minimum Gasteiger partial charge on any atom is -0.338 e. The second kappa shape index (κ2) is 6.42. The van der Waals surface area contributed by atoms with E-state index in [0.29, 0.717) is 23.2 Å². The normalized spacial score (nSPS) is 11.1. The third-order valence-electron chi connectivity index (χ3n) is 3.49. The Morgan fingerprint density at radius 3 is 2.78 bits per heavy atom. The van der Waals surface area contributed by atoms with E-state index in [-0.39, 0.29) is 5.91 Å². The number of aromatic nitrogens is 2. The van der Waals surface area contributed by atoms with Gasteiger partial charge >= 0.3 is 0 Å². The first-order valence-corrected chi connectivity index (χ1v) is 7.95. The van der Waals surface area contributed by atoms with Crippen LogP contribution in [0.1, 0.15) is 20.3 Å². The summed E-state index contributed by atoms with van der Waals surface area (Å²) in [6.07, 6.45) is 0.489. The Balaban J connectivity index is 1.92. The molecule has 0 atom stereocenters. The van der Waals surface area contributed by atoms with E-state index in [9.17, 15) is 4.79 Å². The molecule has 118 valence electrons. The Labute approximate surface area is 139 Å². The summed E-state index contributed by atoms with van der Waals surface area (Å²) >= 11 is 6.31. The zero-order valence-electron chi connectivity index (χ0n) is 13.1. The zero-order valence-corrected chi connectivity index (χ0v) is 13.8. The molecule has 2 aromatic carbocycles. The fraction of sp³-hybridized carbons (Fsp3) is 0.222. The number of amides is 1. The molecule has 23 heavy (non-hydrogen) atoms. The highest BCUT2D eigenvalue weighted by molar-refractivity contribution is 6.33. The Morgan fingerprint density at radius 1 is 1.26 bits per heavy atom. The molecular weight excluding hydrogens is 310 g/mol. The van der Waals surface area contributed by atoms with Crippen LogP contribution in [0, 0.1) is 5.92 Å². The van der Waals surface area contributed by atoms with Gasteiger partial charge in [0.25, 0.3) is 0 Å². The molecule has 5 heteroatoms. The SMILES string of the molecule is CC(C)CC(=O)Nc1ccc(Cl)c(-c2nc3ccccc3[nH]2)c1. The molecule has 1 amide bonds. The molecule has 0 spiro atoms. The molecule has 0 aliphatic rings. The van der Waals surface area contributed by atoms with Gasteiger partial charge in [0, 0.05) is 17.7 Å². The number of nitrogens with zero attached hydrogens (tertiary/aromatic N) is 1. The maximum Gasteiger partial charge on any atom is 0.224 e. The van der Waals surface area contributed by atoms with Crippen LogP contribution in [0.25, 0.3) is 22.4 Å². The van der Waals surface area contributed by atoms with Gasteiger partial charge in [-0.05, 0) is 36.2 Å². The fourth-order valence-corrected chi connectivity index (χ4v) is 2.65. The van der Waals surface area contributed by atoms with Crippen molar-refractivity contribution in [3.63, 3.8) is 0 Å². The van der Waals surface area contributed by atoms with Gasteiger partial charge in [-0.1, -0.05) is 37.6 Å². The number of halogens is 1. The summed E-state index contributed by atoms with van der Waals surface area (Å²) in [6, 6.07) is 13.2. The van der Waals surface area contributed by atoms with E-state index in [1.54, 1.807) is 12.1 Å². The molecule has 0 saturated heterocycles. The van der Waals surface area contributed by atoms with Crippen molar-refractivity contribution in [2.75, 3.05) is 5.32 Å². The molecular formula is C18H18ClN3O. The molecule has 0 unspecified atom stereocenters. The van der Waals surface area contributed by atoms with Crippen LogP contribution in [0.2, 0.25) is 5.02 Å². The second-order valence-corrected chi connectivity index (χ2v) is 6.35. The molecule has 0 aliphatic carbocycles. The van der Waals surface area contributed by atoms with Crippen molar-refractivity contribution in [3.8, 4) is 11.4 Å². The number of rotatable bonds is 4. The van der Waals surface area contributed by atoms with Crippen LogP contribution in [0.15, 0.2) is 42.5 Å².